The molecule has 0 aliphatic carbocycles. The van der Waals surface area contributed by atoms with Gasteiger partial charge in [-0.2, -0.15) is 0 Å². The molecule has 0 aromatic rings. The first-order valence-corrected chi connectivity index (χ1v) is 21.4. The first-order valence-electron chi connectivity index (χ1n) is 19.9. The number of ether oxygens (including phenoxy) is 2. The molecule has 3 N–H and O–H groups in total. The van der Waals surface area contributed by atoms with Gasteiger partial charge >= 0.3 is 19.8 Å². The molecule has 0 aromatic heterocycles. The van der Waals surface area contributed by atoms with Crippen LogP contribution in [0.1, 0.15) is 123 Å². The molecule has 0 saturated carbocycles. The van der Waals surface area contributed by atoms with Crippen LogP contribution in [-0.2, 0) is 28.2 Å². The van der Waals surface area contributed by atoms with Crippen molar-refractivity contribution in [3.63, 3.8) is 0 Å². The molecular weight excluding hydrogens is 715 g/mol. The van der Waals surface area contributed by atoms with E-state index in [0.29, 0.717) is 19.3 Å². The van der Waals surface area contributed by atoms with E-state index in [0.717, 1.165) is 77.0 Å². The number of phosphoric acid groups is 1. The molecule has 55 heavy (non-hydrogen) atoms. The van der Waals surface area contributed by atoms with Crippen molar-refractivity contribution in [2.24, 2.45) is 0 Å². The Morgan fingerprint density at radius 2 is 0.964 bits per heavy atom. The lowest BCUT2D eigenvalue weighted by Crippen LogP contribution is -2.29. The summed E-state index contributed by atoms with van der Waals surface area (Å²) in [5.74, 6) is -1.08. The second kappa shape index (κ2) is 38.7. The maximum absolute atomic E-state index is 12.4. The van der Waals surface area contributed by atoms with E-state index in [1.807, 2.05) is 31.2 Å². The predicted molar refractivity (Wildman–Crippen MR) is 226 cm³/mol. The lowest BCUT2D eigenvalue weighted by molar-refractivity contribution is -0.161. The van der Waals surface area contributed by atoms with Gasteiger partial charge in [0.25, 0.3) is 0 Å². The van der Waals surface area contributed by atoms with E-state index in [1.165, 1.54) is 0 Å². The molecule has 0 amide bonds. The number of hydrogen-bond donors (Lipinski definition) is 3. The van der Waals surface area contributed by atoms with E-state index in [1.54, 1.807) is 0 Å². The van der Waals surface area contributed by atoms with Gasteiger partial charge in [0.2, 0.25) is 0 Å². The summed E-state index contributed by atoms with van der Waals surface area (Å²) in [5.41, 5.74) is 0. The highest BCUT2D eigenvalue weighted by Crippen LogP contribution is 2.35. The third-order valence-corrected chi connectivity index (χ3v) is 8.13. The average Bonchev–Trinajstić information content (AvgIpc) is 3.16. The van der Waals surface area contributed by atoms with Crippen LogP contribution in [-0.4, -0.2) is 52.3 Å². The number of carbonyl (C=O) groups is 2. The summed E-state index contributed by atoms with van der Waals surface area (Å²) in [7, 11) is -4.80. The smallest absolute Gasteiger partial charge is 0.462 e. The molecular formula is C45H69O9P. The zero-order valence-electron chi connectivity index (χ0n) is 33.4. The number of aliphatic hydroxyl groups excluding tert-OH is 1. The molecule has 0 bridgehead atoms. The maximum atomic E-state index is 12.4. The molecule has 0 spiro atoms. The first-order chi connectivity index (χ1) is 26.7. The highest BCUT2D eigenvalue weighted by Gasteiger charge is 2.22. The minimum Gasteiger partial charge on any atom is -0.462 e. The SMILES string of the molecule is CC/C=C\C/C=C\C/C=C\C/C=C\C/C=C\C/C=C\CCC(=O)O[C@H](COC(=O)CCC/C=C\C/C=C\C/C=C\C/C=C\CC[C@@H](O)CC)COP(=O)(O)O. The van der Waals surface area contributed by atoms with Crippen molar-refractivity contribution >= 4 is 19.8 Å². The maximum Gasteiger partial charge on any atom is 0.469 e. The highest BCUT2D eigenvalue weighted by molar-refractivity contribution is 7.46. The summed E-state index contributed by atoms with van der Waals surface area (Å²) in [6.45, 7) is 3.15. The Kier molecular flexibility index (Phi) is 36.2. The predicted octanol–water partition coefficient (Wildman–Crippen LogP) is 11.1. The Morgan fingerprint density at radius 1 is 0.545 bits per heavy atom. The molecule has 0 aliphatic heterocycles. The number of unbranched alkanes of at least 4 members (excludes halogenated alkanes) is 1. The van der Waals surface area contributed by atoms with Crippen molar-refractivity contribution < 1.29 is 43.0 Å². The van der Waals surface area contributed by atoms with Gasteiger partial charge in [-0.05, 0) is 96.3 Å². The number of hydrogen-bond acceptors (Lipinski definition) is 7. The Bertz CT molecular complexity index is 1310. The average molecular weight is 785 g/mol. The quantitative estimate of drug-likeness (QED) is 0.0252. The molecule has 2 atom stereocenters. The number of allylic oxidation sites excluding steroid dienone is 20. The fourth-order valence-corrected chi connectivity index (χ4v) is 4.91. The molecule has 0 unspecified atom stereocenters. The first kappa shape index (κ1) is 51.4. The van der Waals surface area contributed by atoms with Crippen LogP contribution in [0.15, 0.2) is 122 Å². The molecule has 0 aromatic carbocycles. The van der Waals surface area contributed by atoms with E-state index in [4.69, 9.17) is 19.3 Å². The van der Waals surface area contributed by atoms with Crippen LogP contribution in [0.3, 0.4) is 0 Å². The molecule has 9 nitrogen and oxygen atoms in total. The molecule has 308 valence electrons. The Hall–Kier alpha value is -3.59. The monoisotopic (exact) mass is 784 g/mol. The van der Waals surface area contributed by atoms with Crippen LogP contribution >= 0.6 is 7.82 Å². The Labute approximate surface area is 331 Å². The minimum absolute atomic E-state index is 0.0602. The zero-order chi connectivity index (χ0) is 40.5. The van der Waals surface area contributed by atoms with Gasteiger partial charge in [-0.25, -0.2) is 4.57 Å². The minimum atomic E-state index is -4.80. The lowest BCUT2D eigenvalue weighted by atomic mass is 10.1. The van der Waals surface area contributed by atoms with E-state index >= 15 is 0 Å². The Morgan fingerprint density at radius 3 is 1.40 bits per heavy atom. The molecule has 0 heterocycles. The number of rotatable bonds is 34. The Balaban J connectivity index is 4.22. The van der Waals surface area contributed by atoms with Crippen LogP contribution < -0.4 is 0 Å². The molecule has 0 aliphatic rings. The van der Waals surface area contributed by atoms with Crippen molar-refractivity contribution in [2.75, 3.05) is 13.2 Å². The third-order valence-electron chi connectivity index (χ3n) is 7.64. The van der Waals surface area contributed by atoms with E-state index < -0.39 is 32.5 Å². The van der Waals surface area contributed by atoms with E-state index in [2.05, 4.69) is 109 Å². The highest BCUT2D eigenvalue weighted by atomic mass is 31.2. The number of carbonyl (C=O) groups excluding carboxylic acids is 2. The van der Waals surface area contributed by atoms with Crippen molar-refractivity contribution in [1.82, 2.24) is 0 Å². The fourth-order valence-electron chi connectivity index (χ4n) is 4.55. The van der Waals surface area contributed by atoms with Gasteiger partial charge in [-0.1, -0.05) is 135 Å². The normalized spacial score (nSPS) is 14.3. The topological polar surface area (TPSA) is 140 Å². The van der Waals surface area contributed by atoms with Gasteiger partial charge in [0, 0.05) is 12.8 Å². The fraction of sp³-hybridized carbons (Fsp3) is 0.511. The van der Waals surface area contributed by atoms with Crippen molar-refractivity contribution in [1.29, 1.82) is 0 Å². The lowest BCUT2D eigenvalue weighted by Gasteiger charge is -2.18. The van der Waals surface area contributed by atoms with Gasteiger partial charge < -0.3 is 24.4 Å². The molecule has 10 heteroatoms. The third kappa shape index (κ3) is 41.4. The summed E-state index contributed by atoms with van der Waals surface area (Å²) in [6, 6.07) is 0. The van der Waals surface area contributed by atoms with Gasteiger partial charge in [-0.3, -0.25) is 14.1 Å². The van der Waals surface area contributed by atoms with Crippen molar-refractivity contribution in [2.45, 2.75) is 135 Å². The van der Waals surface area contributed by atoms with Crippen LogP contribution in [0.25, 0.3) is 0 Å². The molecule has 0 saturated heterocycles. The second-order valence-corrected chi connectivity index (χ2v) is 13.9. The number of esters is 2. The summed E-state index contributed by atoms with van der Waals surface area (Å²) in [4.78, 5) is 42.7. The second-order valence-electron chi connectivity index (χ2n) is 12.7. The molecule has 0 rings (SSSR count). The van der Waals surface area contributed by atoms with Crippen LogP contribution in [0, 0.1) is 0 Å². The van der Waals surface area contributed by atoms with E-state index in [9.17, 15) is 19.3 Å². The molecule has 0 radical (unpaired) electrons. The zero-order valence-corrected chi connectivity index (χ0v) is 34.3. The number of aliphatic hydroxyl groups is 1. The number of phosphoric ester groups is 1. The summed E-state index contributed by atoms with van der Waals surface area (Å²) in [5, 5.41) is 9.54. The van der Waals surface area contributed by atoms with Crippen LogP contribution in [0.2, 0.25) is 0 Å². The van der Waals surface area contributed by atoms with Crippen LogP contribution in [0.5, 0.6) is 0 Å². The van der Waals surface area contributed by atoms with Gasteiger partial charge in [-0.15, -0.1) is 0 Å². The molecule has 0 fully saturated rings. The van der Waals surface area contributed by atoms with Gasteiger partial charge in [0.15, 0.2) is 6.10 Å². The van der Waals surface area contributed by atoms with Crippen molar-refractivity contribution in [3.8, 4) is 0 Å². The summed E-state index contributed by atoms with van der Waals surface area (Å²) < 4.78 is 26.2. The summed E-state index contributed by atoms with van der Waals surface area (Å²) >= 11 is 0. The largest absolute Gasteiger partial charge is 0.469 e. The standard InChI is InChI=1S/C45H69O9P/c1-3-5-6-7-8-9-10-11-12-13-14-15-16-21-24-27-30-33-36-39-45(48)54-43(41-53-55(49,50)51)40-52-44(47)38-35-32-29-26-23-20-18-17-19-22-25-28-31-34-37-42(46)4-2/h5-6,8-9,11-12,14-15,18-22,24,26,28-31,33,42-43,46H,3-4,7,10,13,16-17,23,25,27,32,34-41H2,1-2H3,(H2,49,50,51)/b6-5-,9-8-,12-11-,15-14-,20-18-,22-19-,24-21-,29-26-,31-28-,33-30-/t42-,43+/m0/s1. The van der Waals surface area contributed by atoms with Gasteiger partial charge in [0.05, 0.1) is 12.7 Å². The van der Waals surface area contributed by atoms with Crippen LogP contribution in [0.4, 0.5) is 0 Å². The van der Waals surface area contributed by atoms with Crippen molar-refractivity contribution in [3.05, 3.63) is 122 Å². The van der Waals surface area contributed by atoms with Gasteiger partial charge in [0.1, 0.15) is 6.61 Å². The summed E-state index contributed by atoms with van der Waals surface area (Å²) in [6.07, 6.45) is 53.1. The van der Waals surface area contributed by atoms with E-state index in [-0.39, 0.29) is 25.6 Å².